The quantitative estimate of drug-likeness (QED) is 0.785. The number of hydrogen-bond acceptors (Lipinski definition) is 5. The number of nitrogens with zero attached hydrogens (tertiary/aromatic N) is 1. The molecule has 20 heavy (non-hydrogen) atoms. The molecule has 0 aliphatic carbocycles. The van der Waals surface area contributed by atoms with Crippen LogP contribution < -0.4 is 16.8 Å². The van der Waals surface area contributed by atoms with Gasteiger partial charge in [-0.15, -0.1) is 0 Å². The summed E-state index contributed by atoms with van der Waals surface area (Å²) in [4.78, 5) is 11.3. The summed E-state index contributed by atoms with van der Waals surface area (Å²) in [6.07, 6.45) is 0.697. The summed E-state index contributed by atoms with van der Waals surface area (Å²) in [5, 5.41) is 3.65. The summed E-state index contributed by atoms with van der Waals surface area (Å²) >= 11 is 1.10. The third-order valence-electron chi connectivity index (χ3n) is 2.95. The minimum absolute atomic E-state index is 0.142. The highest BCUT2D eigenvalue weighted by Crippen LogP contribution is 2.26. The van der Waals surface area contributed by atoms with E-state index in [-0.39, 0.29) is 17.2 Å². The van der Waals surface area contributed by atoms with E-state index in [1.54, 1.807) is 6.07 Å². The Kier molecular flexibility index (Phi) is 4.19. The Balaban J connectivity index is 2.01. The van der Waals surface area contributed by atoms with Crippen LogP contribution in [-0.2, 0) is 6.42 Å². The number of aryl methyl sites for hydroxylation is 1. The van der Waals surface area contributed by atoms with Gasteiger partial charge in [0.1, 0.15) is 16.4 Å². The van der Waals surface area contributed by atoms with Crippen LogP contribution in [0.2, 0.25) is 0 Å². The second-order valence-corrected chi connectivity index (χ2v) is 5.16. The highest BCUT2D eigenvalue weighted by Gasteiger charge is 2.16. The van der Waals surface area contributed by atoms with Crippen molar-refractivity contribution in [3.63, 3.8) is 0 Å². The van der Waals surface area contributed by atoms with Crippen molar-refractivity contribution in [3.8, 4) is 0 Å². The lowest BCUT2D eigenvalue weighted by atomic mass is 10.1. The second kappa shape index (κ2) is 5.87. The van der Waals surface area contributed by atoms with Gasteiger partial charge in [0.15, 0.2) is 5.82 Å². The number of primary amides is 1. The van der Waals surface area contributed by atoms with E-state index in [1.807, 2.05) is 6.92 Å². The topological polar surface area (TPSA) is 94.0 Å². The predicted molar refractivity (Wildman–Crippen MR) is 78.4 cm³/mol. The van der Waals surface area contributed by atoms with Gasteiger partial charge in [-0.05, 0) is 48.1 Å². The molecule has 0 fully saturated rings. The summed E-state index contributed by atoms with van der Waals surface area (Å²) in [5.41, 5.74) is 13.0. The number of carbonyl (C=O) groups excluding carboxylic acids is 1. The number of hydrogen-bond donors (Lipinski definition) is 3. The molecule has 0 aliphatic rings. The number of nitrogen functional groups attached to an aromatic ring is 1. The lowest BCUT2D eigenvalue weighted by Gasteiger charge is -2.08. The van der Waals surface area contributed by atoms with Gasteiger partial charge in [-0.3, -0.25) is 4.79 Å². The minimum atomic E-state index is -0.600. The molecule has 106 valence electrons. The largest absolute Gasteiger partial charge is 0.382 e. The van der Waals surface area contributed by atoms with Crippen LogP contribution in [0, 0.1) is 12.7 Å². The molecule has 1 aromatic carbocycles. The van der Waals surface area contributed by atoms with Crippen LogP contribution in [0.1, 0.15) is 21.5 Å². The van der Waals surface area contributed by atoms with E-state index in [9.17, 15) is 9.18 Å². The standard InChI is InChI=1S/C13H15FN4OS/c1-7-6-9(14)3-2-8(7)4-5-17-13-10(12(16)19)11(15)18-20-13/h2-3,6,17H,4-5H2,1H3,(H2,15,18)(H2,16,19). The third-order valence-corrected chi connectivity index (χ3v) is 3.77. The lowest BCUT2D eigenvalue weighted by Crippen LogP contribution is -2.15. The smallest absolute Gasteiger partial charge is 0.255 e. The van der Waals surface area contributed by atoms with Gasteiger partial charge in [0.05, 0.1) is 0 Å². The molecule has 5 N–H and O–H groups in total. The number of halogens is 1. The molecule has 0 bridgehead atoms. The Morgan fingerprint density at radius 2 is 2.25 bits per heavy atom. The number of benzene rings is 1. The molecule has 0 aliphatic heterocycles. The summed E-state index contributed by atoms with van der Waals surface area (Å²) in [6, 6.07) is 4.68. The molecule has 0 radical (unpaired) electrons. The van der Waals surface area contributed by atoms with Crippen LogP contribution in [0.25, 0.3) is 0 Å². The summed E-state index contributed by atoms with van der Waals surface area (Å²) in [6.45, 7) is 2.44. The number of anilines is 2. The van der Waals surface area contributed by atoms with Gasteiger partial charge < -0.3 is 16.8 Å². The molecule has 0 atom stereocenters. The monoisotopic (exact) mass is 294 g/mol. The van der Waals surface area contributed by atoms with Crippen LogP contribution in [-0.4, -0.2) is 16.8 Å². The molecule has 5 nitrogen and oxygen atoms in total. The van der Waals surface area contributed by atoms with E-state index < -0.39 is 5.91 Å². The van der Waals surface area contributed by atoms with Gasteiger partial charge in [-0.25, -0.2) is 4.39 Å². The van der Waals surface area contributed by atoms with Crippen molar-refractivity contribution in [2.75, 3.05) is 17.6 Å². The summed E-state index contributed by atoms with van der Waals surface area (Å²) in [7, 11) is 0. The minimum Gasteiger partial charge on any atom is -0.382 e. The Labute approximate surface area is 120 Å². The van der Waals surface area contributed by atoms with Crippen molar-refractivity contribution < 1.29 is 9.18 Å². The fourth-order valence-corrected chi connectivity index (χ4v) is 2.66. The Hall–Kier alpha value is -2.15. The molecular weight excluding hydrogens is 279 g/mol. The molecule has 2 aromatic rings. The number of amides is 1. The Morgan fingerprint density at radius 1 is 1.50 bits per heavy atom. The molecule has 2 rings (SSSR count). The average Bonchev–Trinajstić information content (AvgIpc) is 2.73. The van der Waals surface area contributed by atoms with Crippen molar-refractivity contribution >= 4 is 28.3 Å². The van der Waals surface area contributed by atoms with Crippen molar-refractivity contribution in [1.29, 1.82) is 0 Å². The van der Waals surface area contributed by atoms with E-state index in [0.29, 0.717) is 18.0 Å². The maximum absolute atomic E-state index is 13.0. The number of nitrogens with one attached hydrogen (secondary N) is 1. The van der Waals surface area contributed by atoms with Crippen molar-refractivity contribution in [3.05, 3.63) is 40.7 Å². The summed E-state index contributed by atoms with van der Waals surface area (Å²) in [5.74, 6) is -0.704. The van der Waals surface area contributed by atoms with Crippen LogP contribution in [0.5, 0.6) is 0 Å². The zero-order chi connectivity index (χ0) is 14.7. The Morgan fingerprint density at radius 3 is 2.90 bits per heavy atom. The third kappa shape index (κ3) is 3.05. The first-order valence-electron chi connectivity index (χ1n) is 6.03. The highest BCUT2D eigenvalue weighted by atomic mass is 32.1. The van der Waals surface area contributed by atoms with Crippen molar-refractivity contribution in [2.24, 2.45) is 5.73 Å². The van der Waals surface area contributed by atoms with Gasteiger partial charge >= 0.3 is 0 Å². The average molecular weight is 294 g/mol. The van der Waals surface area contributed by atoms with E-state index in [0.717, 1.165) is 22.7 Å². The summed E-state index contributed by atoms with van der Waals surface area (Å²) < 4.78 is 16.9. The fourth-order valence-electron chi connectivity index (χ4n) is 1.91. The lowest BCUT2D eigenvalue weighted by molar-refractivity contribution is 0.100. The van der Waals surface area contributed by atoms with E-state index in [4.69, 9.17) is 11.5 Å². The zero-order valence-corrected chi connectivity index (χ0v) is 11.8. The van der Waals surface area contributed by atoms with E-state index in [1.165, 1.54) is 12.1 Å². The van der Waals surface area contributed by atoms with Gasteiger partial charge in [0.2, 0.25) is 0 Å². The number of rotatable bonds is 5. The molecule has 1 aromatic heterocycles. The predicted octanol–water partition coefficient (Wildman–Crippen LogP) is 1.93. The molecule has 0 saturated carbocycles. The maximum Gasteiger partial charge on any atom is 0.255 e. The van der Waals surface area contributed by atoms with E-state index >= 15 is 0 Å². The molecule has 0 saturated heterocycles. The number of carbonyl (C=O) groups is 1. The molecule has 7 heteroatoms. The van der Waals surface area contributed by atoms with Crippen LogP contribution in [0.15, 0.2) is 18.2 Å². The molecular formula is C13H15FN4OS. The van der Waals surface area contributed by atoms with Gasteiger partial charge in [0.25, 0.3) is 5.91 Å². The van der Waals surface area contributed by atoms with Crippen LogP contribution >= 0.6 is 11.5 Å². The van der Waals surface area contributed by atoms with Crippen LogP contribution in [0.4, 0.5) is 15.2 Å². The normalized spacial score (nSPS) is 10.5. The number of aromatic nitrogens is 1. The van der Waals surface area contributed by atoms with Gasteiger partial charge in [-0.2, -0.15) is 4.37 Å². The van der Waals surface area contributed by atoms with Gasteiger partial charge in [-0.1, -0.05) is 6.07 Å². The van der Waals surface area contributed by atoms with Crippen molar-refractivity contribution in [1.82, 2.24) is 4.37 Å². The molecule has 0 spiro atoms. The van der Waals surface area contributed by atoms with E-state index in [2.05, 4.69) is 9.69 Å². The first-order chi connectivity index (χ1) is 9.49. The molecule has 0 unspecified atom stereocenters. The zero-order valence-electron chi connectivity index (χ0n) is 10.9. The molecule has 1 heterocycles. The highest BCUT2D eigenvalue weighted by molar-refractivity contribution is 7.11. The first kappa shape index (κ1) is 14.3. The van der Waals surface area contributed by atoms with Gasteiger partial charge in [0, 0.05) is 6.54 Å². The Bertz CT molecular complexity index is 641. The SMILES string of the molecule is Cc1cc(F)ccc1CCNc1snc(N)c1C(N)=O. The second-order valence-electron chi connectivity index (χ2n) is 4.38. The first-order valence-corrected chi connectivity index (χ1v) is 6.80. The number of nitrogens with two attached hydrogens (primary N) is 2. The fraction of sp³-hybridized carbons (Fsp3) is 0.231. The molecule has 1 amide bonds. The maximum atomic E-state index is 13.0. The van der Waals surface area contributed by atoms with Crippen LogP contribution in [0.3, 0.4) is 0 Å². The van der Waals surface area contributed by atoms with Crippen molar-refractivity contribution in [2.45, 2.75) is 13.3 Å².